The first-order valence-electron chi connectivity index (χ1n) is 6.29. The van der Waals surface area contributed by atoms with E-state index in [9.17, 15) is 5.11 Å². The van der Waals surface area contributed by atoms with Crippen molar-refractivity contribution >= 4 is 38.5 Å². The zero-order valence-electron chi connectivity index (χ0n) is 11.1. The van der Waals surface area contributed by atoms with Crippen LogP contribution in [-0.2, 0) is 0 Å². The Labute approximate surface area is 135 Å². The largest absolute Gasteiger partial charge is 0.496 e. The number of hydrogen-bond donors (Lipinski definition) is 1. The summed E-state index contributed by atoms with van der Waals surface area (Å²) in [4.78, 5) is 0. The third kappa shape index (κ3) is 2.67. The molecule has 1 N–H and O–H groups in total. The molecule has 0 aliphatic heterocycles. The number of aliphatic hydroxyl groups excluding tert-OH is 1. The molecule has 0 aliphatic rings. The lowest BCUT2D eigenvalue weighted by Gasteiger charge is -2.13. The maximum atomic E-state index is 10.6. The van der Waals surface area contributed by atoms with Crippen molar-refractivity contribution in [3.05, 3.63) is 63.3 Å². The first-order valence-corrected chi connectivity index (χ1v) is 7.46. The predicted molar refractivity (Wildman–Crippen MR) is 86.0 cm³/mol. The van der Waals surface area contributed by atoms with Crippen molar-refractivity contribution in [2.45, 2.75) is 6.10 Å². The fraction of sp³-hybridized carbons (Fsp3) is 0.125. The van der Waals surface area contributed by atoms with E-state index in [1.165, 1.54) is 0 Å². The van der Waals surface area contributed by atoms with E-state index in [-0.39, 0.29) is 0 Å². The molecule has 0 bridgehead atoms. The van der Waals surface area contributed by atoms with Gasteiger partial charge in [0.2, 0.25) is 0 Å². The molecule has 1 unspecified atom stereocenters. The monoisotopic (exact) mass is 366 g/mol. The summed E-state index contributed by atoms with van der Waals surface area (Å²) in [6.45, 7) is 0. The van der Waals surface area contributed by atoms with Crippen LogP contribution in [-0.4, -0.2) is 12.2 Å². The Balaban J connectivity index is 2.10. The Morgan fingerprint density at radius 2 is 2.05 bits per heavy atom. The predicted octanol–water partition coefficient (Wildman–Crippen LogP) is 4.94. The number of ether oxygens (including phenoxy) is 1. The van der Waals surface area contributed by atoms with Crippen LogP contribution < -0.4 is 4.74 Å². The van der Waals surface area contributed by atoms with Gasteiger partial charge in [-0.2, -0.15) is 0 Å². The second kappa shape index (κ2) is 5.72. The van der Waals surface area contributed by atoms with Crippen LogP contribution in [0.5, 0.6) is 5.75 Å². The number of furan rings is 1. The van der Waals surface area contributed by atoms with Gasteiger partial charge in [0.05, 0.1) is 12.1 Å². The fourth-order valence-electron chi connectivity index (χ4n) is 2.25. The Kier molecular flexibility index (Phi) is 3.93. The quantitative estimate of drug-likeness (QED) is 0.713. The molecule has 3 nitrogen and oxygen atoms in total. The minimum Gasteiger partial charge on any atom is -0.496 e. The molecular weight excluding hydrogens is 356 g/mol. The molecule has 0 fully saturated rings. The molecule has 1 atom stereocenters. The lowest BCUT2D eigenvalue weighted by Crippen LogP contribution is -2.01. The van der Waals surface area contributed by atoms with E-state index in [4.69, 9.17) is 20.8 Å². The van der Waals surface area contributed by atoms with Gasteiger partial charge in [-0.3, -0.25) is 0 Å². The van der Waals surface area contributed by atoms with E-state index in [1.54, 1.807) is 31.4 Å². The number of benzene rings is 2. The van der Waals surface area contributed by atoms with Crippen molar-refractivity contribution in [1.82, 2.24) is 0 Å². The molecule has 0 aliphatic carbocycles. The van der Waals surface area contributed by atoms with Crippen molar-refractivity contribution < 1.29 is 14.3 Å². The highest BCUT2D eigenvalue weighted by atomic mass is 79.9. The van der Waals surface area contributed by atoms with Gasteiger partial charge in [-0.1, -0.05) is 39.7 Å². The standard InChI is InChI=1S/C16H12BrClO3/c1-20-13-6-5-10(17)8-11(13)15(19)14-7-9-3-2-4-12(18)16(9)21-14/h2-8,15,19H,1H3. The molecule has 3 rings (SSSR count). The lowest BCUT2D eigenvalue weighted by atomic mass is 10.1. The smallest absolute Gasteiger partial charge is 0.153 e. The van der Waals surface area contributed by atoms with Gasteiger partial charge in [-0.15, -0.1) is 0 Å². The summed E-state index contributed by atoms with van der Waals surface area (Å²) < 4.78 is 11.8. The molecule has 0 amide bonds. The molecule has 0 radical (unpaired) electrons. The average Bonchev–Trinajstić information content (AvgIpc) is 2.92. The molecule has 0 saturated heterocycles. The summed E-state index contributed by atoms with van der Waals surface area (Å²) in [5.41, 5.74) is 1.20. The summed E-state index contributed by atoms with van der Waals surface area (Å²) in [6, 6.07) is 12.7. The van der Waals surface area contributed by atoms with E-state index in [1.807, 2.05) is 18.2 Å². The van der Waals surface area contributed by atoms with Crippen LogP contribution >= 0.6 is 27.5 Å². The van der Waals surface area contributed by atoms with E-state index in [0.29, 0.717) is 27.7 Å². The minimum absolute atomic E-state index is 0.425. The molecule has 108 valence electrons. The minimum atomic E-state index is -0.930. The summed E-state index contributed by atoms with van der Waals surface area (Å²) in [5.74, 6) is 1.02. The van der Waals surface area contributed by atoms with Crippen LogP contribution in [0.3, 0.4) is 0 Å². The number of aliphatic hydroxyl groups is 1. The summed E-state index contributed by atoms with van der Waals surface area (Å²) in [6.07, 6.45) is -0.930. The highest BCUT2D eigenvalue weighted by molar-refractivity contribution is 9.10. The molecule has 0 saturated carbocycles. The summed E-state index contributed by atoms with van der Waals surface area (Å²) in [5, 5.41) is 12.0. The van der Waals surface area contributed by atoms with E-state index >= 15 is 0 Å². The molecule has 3 aromatic rings. The maximum Gasteiger partial charge on any atom is 0.153 e. The molecule has 0 spiro atoms. The Morgan fingerprint density at radius 3 is 2.76 bits per heavy atom. The third-order valence-electron chi connectivity index (χ3n) is 3.27. The van der Waals surface area contributed by atoms with Gasteiger partial charge in [-0.05, 0) is 30.3 Å². The Morgan fingerprint density at radius 1 is 1.24 bits per heavy atom. The number of rotatable bonds is 3. The second-order valence-electron chi connectivity index (χ2n) is 4.60. The van der Waals surface area contributed by atoms with Crippen molar-refractivity contribution in [2.75, 3.05) is 7.11 Å². The van der Waals surface area contributed by atoms with Gasteiger partial charge in [0, 0.05) is 15.4 Å². The van der Waals surface area contributed by atoms with Crippen molar-refractivity contribution in [3.63, 3.8) is 0 Å². The van der Waals surface area contributed by atoms with Gasteiger partial charge in [0.1, 0.15) is 17.6 Å². The topological polar surface area (TPSA) is 42.6 Å². The highest BCUT2D eigenvalue weighted by Gasteiger charge is 2.20. The molecular formula is C16H12BrClO3. The third-order valence-corrected chi connectivity index (χ3v) is 4.06. The second-order valence-corrected chi connectivity index (χ2v) is 5.92. The van der Waals surface area contributed by atoms with Gasteiger partial charge in [0.25, 0.3) is 0 Å². The van der Waals surface area contributed by atoms with Gasteiger partial charge in [-0.25, -0.2) is 0 Å². The summed E-state index contributed by atoms with van der Waals surface area (Å²) >= 11 is 9.49. The van der Waals surface area contributed by atoms with Crippen LogP contribution in [0.4, 0.5) is 0 Å². The molecule has 1 heterocycles. The summed E-state index contributed by atoms with van der Waals surface area (Å²) in [7, 11) is 1.56. The average molecular weight is 368 g/mol. The van der Waals surface area contributed by atoms with E-state index in [0.717, 1.165) is 9.86 Å². The molecule has 1 aromatic heterocycles. The maximum absolute atomic E-state index is 10.6. The Bertz CT molecular complexity index is 797. The zero-order valence-corrected chi connectivity index (χ0v) is 13.5. The van der Waals surface area contributed by atoms with Crippen molar-refractivity contribution in [3.8, 4) is 5.75 Å². The van der Waals surface area contributed by atoms with Gasteiger partial charge in [0.15, 0.2) is 5.58 Å². The SMILES string of the molecule is COc1ccc(Br)cc1C(O)c1cc2cccc(Cl)c2o1. The normalized spacial score (nSPS) is 12.6. The number of halogens is 2. The zero-order chi connectivity index (χ0) is 15.0. The van der Waals surface area contributed by atoms with Crippen LogP contribution in [0, 0.1) is 0 Å². The van der Waals surface area contributed by atoms with Crippen LogP contribution in [0.2, 0.25) is 5.02 Å². The van der Waals surface area contributed by atoms with Crippen LogP contribution in [0.25, 0.3) is 11.0 Å². The number of para-hydroxylation sites is 1. The lowest BCUT2D eigenvalue weighted by molar-refractivity contribution is 0.187. The first kappa shape index (κ1) is 14.4. The fourth-order valence-corrected chi connectivity index (χ4v) is 2.85. The van der Waals surface area contributed by atoms with E-state index in [2.05, 4.69) is 15.9 Å². The molecule has 21 heavy (non-hydrogen) atoms. The number of fused-ring (bicyclic) bond motifs is 1. The molecule has 5 heteroatoms. The first-order chi connectivity index (χ1) is 10.1. The Hall–Kier alpha value is -1.49. The number of methoxy groups -OCH3 is 1. The number of hydrogen-bond acceptors (Lipinski definition) is 3. The van der Waals surface area contributed by atoms with Crippen molar-refractivity contribution in [2.24, 2.45) is 0 Å². The van der Waals surface area contributed by atoms with Gasteiger partial charge >= 0.3 is 0 Å². The van der Waals surface area contributed by atoms with Crippen LogP contribution in [0.1, 0.15) is 17.4 Å². The van der Waals surface area contributed by atoms with Crippen molar-refractivity contribution in [1.29, 1.82) is 0 Å². The highest BCUT2D eigenvalue weighted by Crippen LogP contribution is 2.36. The van der Waals surface area contributed by atoms with Crippen LogP contribution in [0.15, 0.2) is 51.4 Å². The van der Waals surface area contributed by atoms with E-state index < -0.39 is 6.10 Å². The molecule has 2 aromatic carbocycles. The van der Waals surface area contributed by atoms with Gasteiger partial charge < -0.3 is 14.3 Å².